The van der Waals surface area contributed by atoms with E-state index in [1.807, 2.05) is 50.2 Å². The predicted octanol–water partition coefficient (Wildman–Crippen LogP) is 5.52. The molecular weight excluding hydrogens is 424 g/mol. The molecule has 3 rings (SSSR count). The van der Waals surface area contributed by atoms with Gasteiger partial charge in [-0.3, -0.25) is 9.59 Å². The summed E-state index contributed by atoms with van der Waals surface area (Å²) >= 11 is 0. The Bertz CT molecular complexity index is 1160. The highest BCUT2D eigenvalue weighted by Gasteiger charge is 2.24. The van der Waals surface area contributed by atoms with Gasteiger partial charge in [-0.1, -0.05) is 65.0 Å². The summed E-state index contributed by atoms with van der Waals surface area (Å²) in [7, 11) is 0. The Morgan fingerprint density at radius 2 is 1.71 bits per heavy atom. The van der Waals surface area contributed by atoms with Crippen molar-refractivity contribution in [2.75, 3.05) is 18.4 Å². The smallest absolute Gasteiger partial charge is 0.254 e. The van der Waals surface area contributed by atoms with E-state index < -0.39 is 0 Å². The Labute approximate surface area is 203 Å². The van der Waals surface area contributed by atoms with E-state index >= 15 is 0 Å². The van der Waals surface area contributed by atoms with E-state index in [-0.39, 0.29) is 29.7 Å². The summed E-state index contributed by atoms with van der Waals surface area (Å²) < 4.78 is 1.80. The summed E-state index contributed by atoms with van der Waals surface area (Å²) in [6.07, 6.45) is 0. The maximum atomic E-state index is 13.2. The number of aromatic nitrogens is 2. The second-order valence-electron chi connectivity index (χ2n) is 10.3. The van der Waals surface area contributed by atoms with Crippen LogP contribution in [0, 0.1) is 19.8 Å². The van der Waals surface area contributed by atoms with Crippen LogP contribution < -0.4 is 5.32 Å². The Morgan fingerprint density at radius 3 is 2.32 bits per heavy atom. The minimum Gasteiger partial charge on any atom is -0.329 e. The number of aryl methyl sites for hydroxylation is 1. The molecule has 2 aromatic carbocycles. The van der Waals surface area contributed by atoms with Crippen molar-refractivity contribution < 1.29 is 9.59 Å². The number of hydrogen-bond donors (Lipinski definition) is 1. The molecule has 2 amide bonds. The minimum absolute atomic E-state index is 0.0330. The maximum absolute atomic E-state index is 13.2. The lowest BCUT2D eigenvalue weighted by Gasteiger charge is -2.24. The molecule has 0 saturated heterocycles. The monoisotopic (exact) mass is 460 g/mol. The van der Waals surface area contributed by atoms with E-state index in [0.717, 1.165) is 22.5 Å². The summed E-state index contributed by atoms with van der Waals surface area (Å²) in [5, 5.41) is 7.86. The second-order valence-corrected chi connectivity index (χ2v) is 10.3. The molecule has 0 atom stereocenters. The van der Waals surface area contributed by atoms with Gasteiger partial charge in [0, 0.05) is 23.6 Å². The van der Waals surface area contributed by atoms with Crippen molar-refractivity contribution in [3.8, 4) is 5.69 Å². The number of nitrogens with zero attached hydrogens (tertiary/aromatic N) is 3. The molecule has 0 saturated carbocycles. The van der Waals surface area contributed by atoms with Gasteiger partial charge in [-0.25, -0.2) is 4.68 Å². The SMILES string of the molecule is Cc1cccc(-n2nc(C(C)(C)C)cc2NC(=O)CN(CC(C)C)C(=O)c2ccccc2)c1C. The third-order valence-electron chi connectivity index (χ3n) is 5.78. The molecule has 0 spiro atoms. The Hall–Kier alpha value is -3.41. The van der Waals surface area contributed by atoms with Gasteiger partial charge in [0.2, 0.25) is 5.91 Å². The largest absolute Gasteiger partial charge is 0.329 e. The first-order chi connectivity index (χ1) is 16.0. The summed E-state index contributed by atoms with van der Waals surface area (Å²) in [5.74, 6) is 0.424. The third-order valence-corrected chi connectivity index (χ3v) is 5.78. The lowest BCUT2D eigenvalue weighted by Crippen LogP contribution is -2.40. The maximum Gasteiger partial charge on any atom is 0.254 e. The molecule has 0 unspecified atom stereocenters. The van der Waals surface area contributed by atoms with E-state index in [1.54, 1.807) is 21.7 Å². The van der Waals surface area contributed by atoms with Gasteiger partial charge in [-0.05, 0) is 49.1 Å². The number of carbonyl (C=O) groups is 2. The average Bonchev–Trinajstić information content (AvgIpc) is 3.19. The Morgan fingerprint density at radius 1 is 1.03 bits per heavy atom. The van der Waals surface area contributed by atoms with Crippen molar-refractivity contribution in [1.82, 2.24) is 14.7 Å². The van der Waals surface area contributed by atoms with Crippen LogP contribution >= 0.6 is 0 Å². The zero-order valence-electron chi connectivity index (χ0n) is 21.3. The number of rotatable bonds is 7. The van der Waals surface area contributed by atoms with Crippen LogP contribution in [0.3, 0.4) is 0 Å². The van der Waals surface area contributed by atoms with Crippen LogP contribution in [0.4, 0.5) is 5.82 Å². The molecule has 3 aromatic rings. The molecule has 6 heteroatoms. The van der Waals surface area contributed by atoms with Crippen LogP contribution in [-0.2, 0) is 10.2 Å². The molecule has 0 radical (unpaired) electrons. The number of anilines is 1. The molecule has 0 fully saturated rings. The quantitative estimate of drug-likeness (QED) is 0.505. The Kier molecular flexibility index (Phi) is 7.60. The first kappa shape index (κ1) is 25.2. The highest BCUT2D eigenvalue weighted by atomic mass is 16.2. The van der Waals surface area contributed by atoms with E-state index in [4.69, 9.17) is 5.10 Å². The normalized spacial score (nSPS) is 11.5. The van der Waals surface area contributed by atoms with Crippen LogP contribution in [-0.4, -0.2) is 39.6 Å². The zero-order chi connectivity index (χ0) is 25.0. The van der Waals surface area contributed by atoms with Gasteiger partial charge < -0.3 is 10.2 Å². The third kappa shape index (κ3) is 5.93. The summed E-state index contributed by atoms with van der Waals surface area (Å²) in [6.45, 7) is 14.9. The average molecular weight is 461 g/mol. The first-order valence-electron chi connectivity index (χ1n) is 11.8. The zero-order valence-corrected chi connectivity index (χ0v) is 21.3. The van der Waals surface area contributed by atoms with Crippen molar-refractivity contribution in [2.45, 2.75) is 53.9 Å². The molecule has 0 aliphatic rings. The van der Waals surface area contributed by atoms with Crippen molar-refractivity contribution in [1.29, 1.82) is 0 Å². The number of hydrogen-bond acceptors (Lipinski definition) is 3. The van der Waals surface area contributed by atoms with Gasteiger partial charge in [0.05, 0.1) is 11.4 Å². The molecule has 0 bridgehead atoms. The number of nitrogens with one attached hydrogen (secondary N) is 1. The van der Waals surface area contributed by atoms with Crippen molar-refractivity contribution in [3.05, 3.63) is 77.0 Å². The predicted molar refractivity (Wildman–Crippen MR) is 138 cm³/mol. The number of benzene rings is 2. The highest BCUT2D eigenvalue weighted by Crippen LogP contribution is 2.28. The van der Waals surface area contributed by atoms with Crippen molar-refractivity contribution in [3.63, 3.8) is 0 Å². The Balaban J connectivity index is 1.91. The lowest BCUT2D eigenvalue weighted by atomic mass is 9.92. The standard InChI is InChI=1S/C28H36N4O2/c1-19(2)17-31(27(34)22-13-9-8-10-14-22)18-26(33)29-25-16-24(28(5,6)7)30-32(25)23-15-11-12-20(3)21(23)4/h8-16,19H,17-18H2,1-7H3,(H,29,33). The highest BCUT2D eigenvalue weighted by molar-refractivity contribution is 5.99. The summed E-state index contributed by atoms with van der Waals surface area (Å²) in [5.41, 5.74) is 4.44. The molecule has 1 aromatic heterocycles. The van der Waals surface area contributed by atoms with Gasteiger partial charge in [-0.15, -0.1) is 0 Å². The lowest BCUT2D eigenvalue weighted by molar-refractivity contribution is -0.117. The van der Waals surface area contributed by atoms with Gasteiger partial charge in [0.1, 0.15) is 12.4 Å². The summed E-state index contributed by atoms with van der Waals surface area (Å²) in [4.78, 5) is 27.9. The molecule has 0 aliphatic carbocycles. The van der Waals surface area contributed by atoms with E-state index in [2.05, 4.69) is 46.0 Å². The van der Waals surface area contributed by atoms with Crippen LogP contribution in [0.1, 0.15) is 61.8 Å². The molecule has 6 nitrogen and oxygen atoms in total. The second kappa shape index (κ2) is 10.2. The molecule has 34 heavy (non-hydrogen) atoms. The fourth-order valence-electron chi connectivity index (χ4n) is 3.76. The summed E-state index contributed by atoms with van der Waals surface area (Å²) in [6, 6.07) is 17.1. The van der Waals surface area contributed by atoms with Crippen LogP contribution in [0.15, 0.2) is 54.6 Å². The fourth-order valence-corrected chi connectivity index (χ4v) is 3.76. The van der Waals surface area contributed by atoms with Gasteiger partial charge in [0.25, 0.3) is 5.91 Å². The first-order valence-corrected chi connectivity index (χ1v) is 11.8. The van der Waals surface area contributed by atoms with E-state index in [0.29, 0.717) is 17.9 Å². The molecule has 0 aliphatic heterocycles. The molecule has 1 heterocycles. The van der Waals surface area contributed by atoms with Gasteiger partial charge in [-0.2, -0.15) is 5.10 Å². The van der Waals surface area contributed by atoms with Crippen LogP contribution in [0.2, 0.25) is 0 Å². The minimum atomic E-state index is -0.253. The van der Waals surface area contributed by atoms with E-state index in [9.17, 15) is 9.59 Å². The number of amides is 2. The van der Waals surface area contributed by atoms with Crippen molar-refractivity contribution in [2.24, 2.45) is 5.92 Å². The number of carbonyl (C=O) groups excluding carboxylic acids is 2. The van der Waals surface area contributed by atoms with Crippen LogP contribution in [0.25, 0.3) is 5.69 Å². The van der Waals surface area contributed by atoms with Crippen molar-refractivity contribution >= 4 is 17.6 Å². The molecule has 180 valence electrons. The van der Waals surface area contributed by atoms with Gasteiger partial charge >= 0.3 is 0 Å². The fraction of sp³-hybridized carbons (Fsp3) is 0.393. The van der Waals surface area contributed by atoms with Gasteiger partial charge in [0.15, 0.2) is 0 Å². The van der Waals surface area contributed by atoms with Crippen LogP contribution in [0.5, 0.6) is 0 Å². The molecule has 1 N–H and O–H groups in total. The van der Waals surface area contributed by atoms with E-state index in [1.165, 1.54) is 0 Å². The molecular formula is C28H36N4O2. The topological polar surface area (TPSA) is 67.2 Å².